The Kier molecular flexibility index (Phi) is 4.79. The van der Waals surface area contributed by atoms with E-state index >= 15 is 0 Å². The van der Waals surface area contributed by atoms with Gasteiger partial charge in [0.1, 0.15) is 0 Å². The summed E-state index contributed by atoms with van der Waals surface area (Å²) in [7, 11) is -1.84. The number of amides is 1. The maximum absolute atomic E-state index is 12.5. The average Bonchev–Trinajstić information content (AvgIpc) is 2.89. The third-order valence-electron chi connectivity index (χ3n) is 3.54. The lowest BCUT2D eigenvalue weighted by Gasteiger charge is -2.15. The molecule has 0 bridgehead atoms. The van der Waals surface area contributed by atoms with Crippen LogP contribution in [0.5, 0.6) is 0 Å². The van der Waals surface area contributed by atoms with E-state index in [9.17, 15) is 13.2 Å². The highest BCUT2D eigenvalue weighted by molar-refractivity contribution is 7.90. The van der Waals surface area contributed by atoms with E-state index in [0.717, 1.165) is 6.26 Å². The molecule has 1 heterocycles. The Morgan fingerprint density at radius 3 is 2.43 bits per heavy atom. The molecule has 0 atom stereocenters. The summed E-state index contributed by atoms with van der Waals surface area (Å²) < 4.78 is 25.7. The summed E-state index contributed by atoms with van der Waals surface area (Å²) in [5, 5.41) is 13.4. The molecular formula is C14H19N5O3S. The minimum Gasteiger partial charge on any atom is -0.289 e. The summed E-state index contributed by atoms with van der Waals surface area (Å²) in [6.45, 7) is 3.71. The smallest absolute Gasteiger partial charge is 0.258 e. The van der Waals surface area contributed by atoms with Crippen molar-refractivity contribution in [1.29, 1.82) is 0 Å². The van der Waals surface area contributed by atoms with Gasteiger partial charge in [0.25, 0.3) is 5.91 Å². The average molecular weight is 337 g/mol. The Labute approximate surface area is 134 Å². The Morgan fingerprint density at radius 2 is 1.96 bits per heavy atom. The normalized spacial score (nSPS) is 11.5. The maximum atomic E-state index is 12.5. The molecule has 2 aromatic rings. The molecule has 124 valence electrons. The largest absolute Gasteiger partial charge is 0.289 e. The molecule has 0 aliphatic rings. The van der Waals surface area contributed by atoms with Crippen LogP contribution in [0.4, 0.5) is 5.95 Å². The number of aryl methyl sites for hydroxylation is 2. The van der Waals surface area contributed by atoms with Gasteiger partial charge in [-0.1, -0.05) is 25.0 Å². The van der Waals surface area contributed by atoms with Crippen LogP contribution in [0.15, 0.2) is 17.0 Å². The van der Waals surface area contributed by atoms with Gasteiger partial charge in [-0.3, -0.25) is 10.1 Å². The highest BCUT2D eigenvalue weighted by atomic mass is 32.2. The van der Waals surface area contributed by atoms with E-state index in [1.165, 1.54) is 4.68 Å². The fourth-order valence-corrected chi connectivity index (χ4v) is 3.88. The number of aromatic nitrogens is 4. The van der Waals surface area contributed by atoms with Crippen molar-refractivity contribution in [1.82, 2.24) is 20.2 Å². The predicted molar refractivity (Wildman–Crippen MR) is 85.1 cm³/mol. The van der Waals surface area contributed by atoms with Gasteiger partial charge in [-0.2, -0.15) is 0 Å². The standard InChI is InChI=1S/C14H19N5O3S/c1-5-9-7-8-11(10(6-2)12(9)23(4,21)22)13(20)15-14-16-17-18-19(14)3/h7-8H,5-6H2,1-4H3,(H,15,16,18,20). The van der Waals surface area contributed by atoms with Gasteiger partial charge < -0.3 is 0 Å². The Bertz CT molecular complexity index is 842. The van der Waals surface area contributed by atoms with E-state index < -0.39 is 15.7 Å². The molecule has 0 aliphatic heterocycles. The van der Waals surface area contributed by atoms with Gasteiger partial charge in [-0.15, -0.1) is 0 Å². The quantitative estimate of drug-likeness (QED) is 0.872. The topological polar surface area (TPSA) is 107 Å². The number of sulfone groups is 1. The molecule has 1 N–H and O–H groups in total. The van der Waals surface area contributed by atoms with Crippen molar-refractivity contribution in [3.05, 3.63) is 28.8 Å². The molecule has 0 aliphatic carbocycles. The number of nitrogens with one attached hydrogen (secondary N) is 1. The number of hydrogen-bond donors (Lipinski definition) is 1. The van der Waals surface area contributed by atoms with Crippen LogP contribution in [0.3, 0.4) is 0 Å². The number of carbonyl (C=O) groups excluding carboxylic acids is 1. The Morgan fingerprint density at radius 1 is 1.26 bits per heavy atom. The Balaban J connectivity index is 2.55. The van der Waals surface area contributed by atoms with Crippen LogP contribution >= 0.6 is 0 Å². The van der Waals surface area contributed by atoms with Gasteiger partial charge >= 0.3 is 0 Å². The summed E-state index contributed by atoms with van der Waals surface area (Å²) in [6, 6.07) is 3.32. The number of benzene rings is 1. The number of carbonyl (C=O) groups is 1. The van der Waals surface area contributed by atoms with Crippen molar-refractivity contribution >= 4 is 21.7 Å². The van der Waals surface area contributed by atoms with Crippen LogP contribution in [0.1, 0.15) is 35.3 Å². The van der Waals surface area contributed by atoms with Crippen LogP contribution in [0, 0.1) is 0 Å². The van der Waals surface area contributed by atoms with E-state index in [-0.39, 0.29) is 10.8 Å². The first-order valence-corrected chi connectivity index (χ1v) is 9.07. The number of hydrogen-bond acceptors (Lipinski definition) is 6. The predicted octanol–water partition coefficient (Wildman–Crippen LogP) is 0.991. The van der Waals surface area contributed by atoms with E-state index in [1.54, 1.807) is 19.2 Å². The molecule has 23 heavy (non-hydrogen) atoms. The zero-order chi connectivity index (χ0) is 17.2. The van der Waals surface area contributed by atoms with E-state index in [0.29, 0.717) is 29.5 Å². The van der Waals surface area contributed by atoms with Gasteiger partial charge in [0.15, 0.2) is 9.84 Å². The lowest BCUT2D eigenvalue weighted by Crippen LogP contribution is -2.19. The molecule has 1 amide bonds. The summed E-state index contributed by atoms with van der Waals surface area (Å²) >= 11 is 0. The van der Waals surface area contributed by atoms with Gasteiger partial charge in [0.05, 0.1) is 4.90 Å². The van der Waals surface area contributed by atoms with Crippen LogP contribution < -0.4 is 5.32 Å². The van der Waals surface area contributed by atoms with Crippen molar-refractivity contribution in [2.24, 2.45) is 7.05 Å². The monoisotopic (exact) mass is 337 g/mol. The maximum Gasteiger partial charge on any atom is 0.258 e. The third-order valence-corrected chi connectivity index (χ3v) is 4.79. The molecule has 9 heteroatoms. The summed E-state index contributed by atoms with van der Waals surface area (Å²) in [5.41, 5.74) is 1.54. The molecule has 0 spiro atoms. The van der Waals surface area contributed by atoms with Crippen molar-refractivity contribution in [2.45, 2.75) is 31.6 Å². The summed E-state index contributed by atoms with van der Waals surface area (Å²) in [5.74, 6) is -0.246. The van der Waals surface area contributed by atoms with Crippen LogP contribution in [0.2, 0.25) is 0 Å². The van der Waals surface area contributed by atoms with Crippen molar-refractivity contribution in [3.8, 4) is 0 Å². The van der Waals surface area contributed by atoms with Gasteiger partial charge in [-0.05, 0) is 40.5 Å². The van der Waals surface area contributed by atoms with Crippen LogP contribution in [-0.2, 0) is 29.7 Å². The second-order valence-electron chi connectivity index (χ2n) is 5.14. The fraction of sp³-hybridized carbons (Fsp3) is 0.429. The second-order valence-corrected chi connectivity index (χ2v) is 7.09. The van der Waals surface area contributed by atoms with Crippen LogP contribution in [0.25, 0.3) is 0 Å². The number of tetrazole rings is 1. The van der Waals surface area contributed by atoms with Crippen LogP contribution in [-0.4, -0.2) is 40.8 Å². The molecule has 0 saturated carbocycles. The highest BCUT2D eigenvalue weighted by Crippen LogP contribution is 2.26. The first-order chi connectivity index (χ1) is 10.8. The molecular weight excluding hydrogens is 318 g/mol. The SMILES string of the molecule is CCc1ccc(C(=O)Nc2nnnn2C)c(CC)c1S(C)(=O)=O. The molecule has 8 nitrogen and oxygen atoms in total. The van der Waals surface area contributed by atoms with Crippen molar-refractivity contribution < 1.29 is 13.2 Å². The fourth-order valence-electron chi connectivity index (χ4n) is 2.48. The highest BCUT2D eigenvalue weighted by Gasteiger charge is 2.23. The summed E-state index contributed by atoms with van der Waals surface area (Å²) in [4.78, 5) is 12.7. The molecule has 1 aromatic carbocycles. The van der Waals surface area contributed by atoms with Gasteiger partial charge in [-0.25, -0.2) is 13.1 Å². The molecule has 0 unspecified atom stereocenters. The molecule has 1 aromatic heterocycles. The number of anilines is 1. The zero-order valence-corrected chi connectivity index (χ0v) is 14.3. The minimum absolute atomic E-state index is 0.192. The summed E-state index contributed by atoms with van der Waals surface area (Å²) in [6.07, 6.45) is 2.16. The van der Waals surface area contributed by atoms with E-state index in [2.05, 4.69) is 20.8 Å². The molecule has 0 saturated heterocycles. The van der Waals surface area contributed by atoms with Crippen molar-refractivity contribution in [3.63, 3.8) is 0 Å². The zero-order valence-electron chi connectivity index (χ0n) is 13.5. The minimum atomic E-state index is -3.44. The number of rotatable bonds is 5. The second kappa shape index (κ2) is 6.45. The number of nitrogens with zero attached hydrogens (tertiary/aromatic N) is 4. The lowest BCUT2D eigenvalue weighted by molar-refractivity contribution is 0.102. The lowest BCUT2D eigenvalue weighted by atomic mass is 10.00. The van der Waals surface area contributed by atoms with Gasteiger partial charge in [0.2, 0.25) is 5.95 Å². The molecule has 0 radical (unpaired) electrons. The first-order valence-electron chi connectivity index (χ1n) is 7.18. The van der Waals surface area contributed by atoms with E-state index in [4.69, 9.17) is 0 Å². The van der Waals surface area contributed by atoms with E-state index in [1.807, 2.05) is 13.8 Å². The third kappa shape index (κ3) is 3.39. The molecule has 0 fully saturated rings. The van der Waals surface area contributed by atoms with Gasteiger partial charge in [0, 0.05) is 18.9 Å². The Hall–Kier alpha value is -2.29. The molecule has 2 rings (SSSR count). The van der Waals surface area contributed by atoms with Crippen molar-refractivity contribution in [2.75, 3.05) is 11.6 Å². The first kappa shape index (κ1) is 17.1.